The average Bonchev–Trinajstić information content (AvgIpc) is 0.909. The summed E-state index contributed by atoms with van der Waals surface area (Å²) >= 11 is 1.15. The number of carbonyl (C=O) groups excluding carboxylic acids is 10. The van der Waals surface area contributed by atoms with Gasteiger partial charge < -0.3 is 39.9 Å². The molecule has 1 fully saturated rings. The number of piperidine rings is 1. The van der Waals surface area contributed by atoms with Crippen molar-refractivity contribution >= 4 is 76.3 Å². The molecular weight excluding hydrogens is 1170 g/mol. The number of carbonyl (C=O) groups is 11. The van der Waals surface area contributed by atoms with Crippen molar-refractivity contribution < 1.29 is 71.8 Å². The Hall–Kier alpha value is -7.46. The van der Waals surface area contributed by atoms with Gasteiger partial charge in [0.05, 0.1) is 25.6 Å². The second kappa shape index (κ2) is 33.0. The number of nitrogens with zero attached hydrogens (tertiary/aromatic N) is 4. The Morgan fingerprint density at radius 3 is 2.02 bits per heavy atom. The number of alkyl carbamates (subject to hydrolysis) is 1. The number of thiazole rings is 1. The van der Waals surface area contributed by atoms with Gasteiger partial charge in [0, 0.05) is 99.6 Å². The molecule has 0 saturated carbocycles. The number of rotatable bonds is 33. The minimum absolute atomic E-state index is 0.00610. The monoisotopic (exact) mass is 1270 g/mol. The molecule has 2 aliphatic rings. The topological polar surface area (TPSA) is 282 Å². The van der Waals surface area contributed by atoms with Crippen LogP contribution in [0.25, 0.3) is 0 Å². The summed E-state index contributed by atoms with van der Waals surface area (Å²) in [7, 11) is 3.81. The van der Waals surface area contributed by atoms with E-state index in [1.807, 2.05) is 82.3 Å². The van der Waals surface area contributed by atoms with Crippen molar-refractivity contribution in [3.8, 4) is 0 Å². The summed E-state index contributed by atoms with van der Waals surface area (Å²) in [6.45, 7) is 21.7. The molecule has 1 saturated heterocycles. The van der Waals surface area contributed by atoms with Crippen LogP contribution >= 0.6 is 11.3 Å². The zero-order valence-electron chi connectivity index (χ0n) is 55.0. The normalized spacial score (nSPS) is 18.9. The highest BCUT2D eigenvalue weighted by Gasteiger charge is 2.44. The van der Waals surface area contributed by atoms with Gasteiger partial charge in [0.1, 0.15) is 34.9 Å². The molecule has 21 nitrogen and oxygen atoms in total. The molecule has 0 radical (unpaired) electrons. The number of ketones is 3. The summed E-state index contributed by atoms with van der Waals surface area (Å²) < 4.78 is 11.6. The number of aliphatic carboxylic acids is 1. The zero-order valence-corrected chi connectivity index (χ0v) is 55.8. The molecule has 0 bridgehead atoms. The summed E-state index contributed by atoms with van der Waals surface area (Å²) in [6, 6.07) is 13.3. The third kappa shape index (κ3) is 21.1. The molecular formula is C68H96N7O14S+. The number of hydrogen-bond donors (Lipinski definition) is 4. The Labute approximate surface area is 534 Å². The maximum Gasteiger partial charge on any atom is 0.407 e. The molecule has 6 amide bonds. The summed E-state index contributed by atoms with van der Waals surface area (Å²) in [4.78, 5) is 154. The summed E-state index contributed by atoms with van der Waals surface area (Å²) in [5.74, 6) is -8.18. The first-order valence-corrected chi connectivity index (χ1v) is 32.4. The van der Waals surface area contributed by atoms with E-state index in [-0.39, 0.29) is 73.1 Å². The Balaban J connectivity index is 1.23. The highest BCUT2D eigenvalue weighted by atomic mass is 32.1. The van der Waals surface area contributed by atoms with E-state index in [4.69, 9.17) is 9.47 Å². The Kier molecular flexibility index (Phi) is 26.9. The maximum atomic E-state index is 15.0. The Bertz CT molecular complexity index is 3050. The Morgan fingerprint density at radius 1 is 0.811 bits per heavy atom. The SMILES string of the molecule is CC[C@H](C)[C@H](CC(=O)[C@H]1CCCC[N+]1(C)Cc1ccc(CC(=O)[C@H](C)NC(=O)[C@@H](CC(=O)[C@H](CNC(=O)OC(C)(C)C)N2C(=O)C=CC2=O)C(C)C)cc1)C(=O)N(C)[C@H](C[C@@H](OC(C)=O)c1nc(C(=O)N[C@@H](Cc2ccccc2)C[C@H](C)C(=O)O)cs1)C(C)C. The second-order valence-electron chi connectivity index (χ2n) is 26.5. The van der Waals surface area contributed by atoms with Crippen molar-refractivity contribution in [2.45, 2.75) is 196 Å². The number of carboxylic acid groups (broad SMARTS) is 1. The standard InChI is InChI=1S/C68H95N7O14S/c1-15-42(6)51(65(84)73(13)53(41(4)5)36-59(88-45(9)76)64-72-52(39-90-64)63(83)71-49(31-43(7)66(85)86)32-46-21-17-16-18-22-46)35-58(79)55-23-19-20-30-75(55,14)38-48-26-24-47(25-27-48)33-56(77)44(8)70-62(82)50(40(2)3)34-57(78)54(74-60(80)28-29-61(74)81)37-69-67(87)89-68(10,11)12/h16-18,21-22,24-29,39-44,49-51,53-55,59H,15,19-20,23,30-38H2,1-14H3,(H3-,69,70,71,82,83,85,86,87)/p+1/t42-,43-,44-,49+,50-,51-,53+,54-,55+,59+,75?/m0/s1. The van der Waals surface area contributed by atoms with Crippen LogP contribution in [-0.4, -0.2) is 152 Å². The van der Waals surface area contributed by atoms with E-state index >= 15 is 0 Å². The molecule has 5 rings (SSSR count). The molecule has 2 aliphatic heterocycles. The molecule has 2 aromatic carbocycles. The minimum Gasteiger partial charge on any atom is -0.481 e. The van der Waals surface area contributed by atoms with E-state index < -0.39 is 114 Å². The Morgan fingerprint density at radius 2 is 1.44 bits per heavy atom. The van der Waals surface area contributed by atoms with Crippen LogP contribution in [0.3, 0.4) is 0 Å². The van der Waals surface area contributed by atoms with E-state index in [2.05, 4.69) is 28.0 Å². The van der Waals surface area contributed by atoms with Crippen LogP contribution in [0.5, 0.6) is 0 Å². The van der Waals surface area contributed by atoms with Crippen LogP contribution in [0, 0.1) is 35.5 Å². The molecule has 0 spiro atoms. The van der Waals surface area contributed by atoms with Gasteiger partial charge in [-0.05, 0) is 82.3 Å². The van der Waals surface area contributed by atoms with Crippen LogP contribution in [0.15, 0.2) is 72.1 Å². The molecule has 3 heterocycles. The first kappa shape index (κ1) is 73.3. The number of likely N-dealkylation sites (tertiary alicyclic amines) is 1. The fourth-order valence-electron chi connectivity index (χ4n) is 12.0. The number of quaternary nitrogens is 1. The molecule has 11 atom stereocenters. The number of hydrogen-bond acceptors (Lipinski definition) is 15. The highest BCUT2D eigenvalue weighted by molar-refractivity contribution is 7.09. The number of ether oxygens (including phenoxy) is 2. The van der Waals surface area contributed by atoms with Gasteiger partial charge in [-0.3, -0.25) is 52.8 Å². The van der Waals surface area contributed by atoms with Crippen molar-refractivity contribution in [1.29, 1.82) is 0 Å². The summed E-state index contributed by atoms with van der Waals surface area (Å²) in [5.41, 5.74) is 1.82. The van der Waals surface area contributed by atoms with E-state index in [1.165, 1.54) is 6.92 Å². The van der Waals surface area contributed by atoms with Gasteiger partial charge in [0.25, 0.3) is 17.7 Å². The number of Topliss-reactive ketones (excluding diaryl/α,β-unsaturated/α-hetero) is 3. The fourth-order valence-corrected chi connectivity index (χ4v) is 12.8. The number of benzene rings is 2. The average molecular weight is 1270 g/mol. The molecule has 1 aromatic heterocycles. The van der Waals surface area contributed by atoms with Crippen LogP contribution < -0.4 is 16.0 Å². The first-order chi connectivity index (χ1) is 42.2. The molecule has 1 unspecified atom stereocenters. The lowest BCUT2D eigenvalue weighted by Gasteiger charge is -2.44. The number of aromatic nitrogens is 1. The van der Waals surface area contributed by atoms with Crippen molar-refractivity contribution in [1.82, 2.24) is 30.7 Å². The second-order valence-corrected chi connectivity index (χ2v) is 27.4. The predicted octanol–water partition coefficient (Wildman–Crippen LogP) is 8.56. The van der Waals surface area contributed by atoms with Crippen molar-refractivity contribution in [2.24, 2.45) is 35.5 Å². The highest BCUT2D eigenvalue weighted by Crippen LogP contribution is 2.35. The van der Waals surface area contributed by atoms with Crippen LogP contribution in [0.1, 0.15) is 173 Å². The molecule has 0 aliphatic carbocycles. The van der Waals surface area contributed by atoms with Gasteiger partial charge in [-0.1, -0.05) is 109 Å². The number of imide groups is 1. The summed E-state index contributed by atoms with van der Waals surface area (Å²) in [6.07, 6.45) is 3.74. The van der Waals surface area contributed by atoms with Gasteiger partial charge in [-0.2, -0.15) is 0 Å². The third-order valence-electron chi connectivity index (χ3n) is 17.4. The zero-order chi connectivity index (χ0) is 66.9. The third-order valence-corrected chi connectivity index (χ3v) is 18.4. The van der Waals surface area contributed by atoms with Crippen molar-refractivity contribution in [3.63, 3.8) is 0 Å². The van der Waals surface area contributed by atoms with Gasteiger partial charge >= 0.3 is 18.0 Å². The van der Waals surface area contributed by atoms with Crippen LogP contribution in [0.4, 0.5) is 4.79 Å². The molecule has 22 heteroatoms. The maximum absolute atomic E-state index is 15.0. The fraction of sp³-hybridized carbons (Fsp3) is 0.588. The molecule has 4 N–H and O–H groups in total. The van der Waals surface area contributed by atoms with E-state index in [0.29, 0.717) is 40.9 Å². The number of amides is 6. The molecule has 492 valence electrons. The van der Waals surface area contributed by atoms with Gasteiger partial charge in [-0.25, -0.2) is 9.78 Å². The lowest BCUT2D eigenvalue weighted by Crippen LogP contribution is -2.58. The van der Waals surface area contributed by atoms with Gasteiger partial charge in [0.15, 0.2) is 23.5 Å². The van der Waals surface area contributed by atoms with E-state index in [1.54, 1.807) is 65.8 Å². The van der Waals surface area contributed by atoms with Crippen molar-refractivity contribution in [3.05, 3.63) is 99.5 Å². The molecule has 90 heavy (non-hydrogen) atoms. The van der Waals surface area contributed by atoms with Crippen LogP contribution in [0.2, 0.25) is 0 Å². The first-order valence-electron chi connectivity index (χ1n) is 31.5. The van der Waals surface area contributed by atoms with E-state index in [9.17, 15) is 57.8 Å². The smallest absolute Gasteiger partial charge is 0.407 e. The minimum atomic E-state index is -1.42. The molecule has 3 aromatic rings. The summed E-state index contributed by atoms with van der Waals surface area (Å²) in [5, 5.41) is 19.8. The quantitative estimate of drug-likeness (QED) is 0.0252. The van der Waals surface area contributed by atoms with Crippen molar-refractivity contribution in [2.75, 3.05) is 27.2 Å². The lowest BCUT2D eigenvalue weighted by atomic mass is 9.82. The van der Waals surface area contributed by atoms with Crippen LogP contribution in [-0.2, 0) is 72.0 Å². The predicted molar refractivity (Wildman–Crippen MR) is 340 cm³/mol. The van der Waals surface area contributed by atoms with E-state index in [0.717, 1.165) is 58.9 Å². The largest absolute Gasteiger partial charge is 0.481 e. The van der Waals surface area contributed by atoms with Gasteiger partial charge in [0.2, 0.25) is 11.8 Å². The number of nitrogens with one attached hydrogen (secondary N) is 3. The number of likely N-dealkylation sites (N-methyl/N-ethyl adjacent to an activating group) is 1. The number of carboxylic acids is 1. The van der Waals surface area contributed by atoms with Gasteiger partial charge in [-0.15, -0.1) is 11.3 Å². The lowest BCUT2D eigenvalue weighted by molar-refractivity contribution is -0.941. The number of esters is 1.